The third-order valence-electron chi connectivity index (χ3n) is 17.8. The first-order chi connectivity index (χ1) is 41.6. The van der Waals surface area contributed by atoms with Crippen molar-refractivity contribution in [2.24, 2.45) is 10.8 Å². The molecule has 0 fully saturated rings. The molecule has 0 atom stereocenters. The summed E-state index contributed by atoms with van der Waals surface area (Å²) >= 11 is 28.5. The quantitative estimate of drug-likeness (QED) is 0.0841. The van der Waals surface area contributed by atoms with Crippen molar-refractivity contribution < 1.29 is 45.9 Å². The van der Waals surface area contributed by atoms with Gasteiger partial charge >= 0.3 is 26.2 Å². The molecule has 0 bridgehead atoms. The molecule has 492 valence electrons. The average molecular weight is 1410 g/mol. The summed E-state index contributed by atoms with van der Waals surface area (Å²) in [4.78, 5) is 0. The molecule has 11 heteroatoms. The average Bonchev–Trinajstić information content (AvgIpc) is 1.64. The standard InChI is InChI=1S/C80H92Cl4N2O4.2CH3.Zr/c1-46-22-26-54-55-27-23-47(76(8,9)10)35-65(55)85(64(54)32-46)68-38-50(79(17,18)44-74(2,3)4)33-58(70(68)87)60-40-52(81)42-62(83)72(60)89-30-21-31-90-73-61(41-53(82)43-63(73)84)59-34-51(80(19,20)45-75(5,6)7)39-69(71(59)88)86-66-36-48(77(11,12)13)24-28-56(66)57-29-25-49(37-67(57)86)78(14,15)16;;;/h22-29,32-43,87-88H,21,30-31,44-45H2,1-20H3;2*1H3;/q;2*-1;+2. The van der Waals surface area contributed by atoms with Crippen molar-refractivity contribution in [1.82, 2.24) is 9.13 Å². The Labute approximate surface area is 595 Å². The van der Waals surface area contributed by atoms with Gasteiger partial charge in [-0.1, -0.05) is 226 Å². The minimum Gasteiger partial charge on any atom is -0.505 e. The molecule has 0 saturated heterocycles. The van der Waals surface area contributed by atoms with Gasteiger partial charge in [0.05, 0.1) is 56.7 Å². The van der Waals surface area contributed by atoms with Gasteiger partial charge in [-0.2, -0.15) is 0 Å². The molecule has 2 N–H and O–H groups in total. The minimum absolute atomic E-state index is 0. The smallest absolute Gasteiger partial charge is 0.505 e. The summed E-state index contributed by atoms with van der Waals surface area (Å²) in [7, 11) is 0. The Bertz CT molecular complexity index is 4380. The minimum atomic E-state index is -0.355. The van der Waals surface area contributed by atoms with Gasteiger partial charge < -0.3 is 43.7 Å². The maximum Gasteiger partial charge on any atom is 2.00 e. The molecule has 0 amide bonds. The summed E-state index contributed by atoms with van der Waals surface area (Å²) in [6.45, 7) is 45.2. The predicted molar refractivity (Wildman–Crippen MR) is 399 cm³/mol. The first-order valence-corrected chi connectivity index (χ1v) is 33.3. The summed E-state index contributed by atoms with van der Waals surface area (Å²) in [6, 6.07) is 42.3. The van der Waals surface area contributed by atoms with Crippen LogP contribution >= 0.6 is 46.4 Å². The number of phenolic OH excluding ortho intramolecular Hbond substituents is 2. The van der Waals surface area contributed by atoms with Crippen LogP contribution in [0.3, 0.4) is 0 Å². The van der Waals surface area contributed by atoms with Gasteiger partial charge in [-0.25, -0.2) is 0 Å². The second-order valence-electron chi connectivity index (χ2n) is 32.2. The van der Waals surface area contributed by atoms with Crippen LogP contribution in [0.4, 0.5) is 0 Å². The van der Waals surface area contributed by atoms with Gasteiger partial charge in [0.25, 0.3) is 0 Å². The molecular weight excluding hydrogens is 1310 g/mol. The van der Waals surface area contributed by atoms with Gasteiger partial charge in [-0.05, 0) is 164 Å². The Morgan fingerprint density at radius 1 is 0.376 bits per heavy atom. The maximum absolute atomic E-state index is 13.2. The zero-order valence-electron chi connectivity index (χ0n) is 59.2. The Kier molecular flexibility index (Phi) is 21.7. The third-order valence-corrected chi connectivity index (χ3v) is 18.8. The molecule has 6 nitrogen and oxygen atoms in total. The zero-order chi connectivity index (χ0) is 65.9. The van der Waals surface area contributed by atoms with Crippen LogP contribution in [0.2, 0.25) is 20.1 Å². The monoisotopic (exact) mass is 1400 g/mol. The van der Waals surface area contributed by atoms with Crippen molar-refractivity contribution in [3.8, 4) is 56.6 Å². The fourth-order valence-electron chi connectivity index (χ4n) is 13.9. The summed E-state index contributed by atoms with van der Waals surface area (Å²) in [5, 5.41) is 32.2. The molecule has 0 unspecified atom stereocenters. The van der Waals surface area contributed by atoms with Crippen LogP contribution in [-0.4, -0.2) is 32.6 Å². The van der Waals surface area contributed by atoms with Crippen LogP contribution < -0.4 is 9.47 Å². The number of benzene rings is 8. The van der Waals surface area contributed by atoms with Gasteiger partial charge in [-0.3, -0.25) is 0 Å². The van der Waals surface area contributed by atoms with Gasteiger partial charge in [0, 0.05) is 60.3 Å². The molecule has 10 aromatic rings. The fourth-order valence-corrected chi connectivity index (χ4v) is 15.0. The number of fused-ring (bicyclic) bond motifs is 6. The summed E-state index contributed by atoms with van der Waals surface area (Å²) in [5.41, 5.74) is 13.1. The van der Waals surface area contributed by atoms with E-state index in [1.807, 2.05) is 12.1 Å². The second kappa shape index (κ2) is 26.9. The Morgan fingerprint density at radius 3 is 1.00 bits per heavy atom. The zero-order valence-corrected chi connectivity index (χ0v) is 64.7. The molecule has 0 saturated carbocycles. The van der Waals surface area contributed by atoms with Crippen molar-refractivity contribution in [3.63, 3.8) is 0 Å². The Morgan fingerprint density at radius 2 is 0.688 bits per heavy atom. The van der Waals surface area contributed by atoms with Crippen LogP contribution in [-0.2, 0) is 53.3 Å². The molecule has 93 heavy (non-hydrogen) atoms. The number of phenols is 2. The normalized spacial score (nSPS) is 12.8. The van der Waals surface area contributed by atoms with E-state index in [1.165, 1.54) is 16.7 Å². The number of rotatable bonds is 14. The SMILES string of the molecule is Cc1ccc2c3ccc(C(C)(C)C)cc3n(-c3cc(C(C)(C)CC(C)(C)C)cc(-c4cc(Cl)cc(Cl)c4OCCCOc4c(Cl)cc(Cl)cc4-c4cc(C(C)(C)CC(C)(C)C)cc(-n5c6cc(C(C)(C)C)ccc6c6ccc(C(C)(C)C)cc65)c4O)c3O)c2c1.[CH3-].[CH3-].[Zr+2]. The molecule has 0 aliphatic carbocycles. The number of nitrogens with zero attached hydrogens (tertiary/aromatic N) is 2. The third kappa shape index (κ3) is 15.4. The number of hydrogen-bond donors (Lipinski definition) is 2. The van der Waals surface area contributed by atoms with E-state index in [2.05, 4.69) is 245 Å². The molecular formula is C82H98Cl4N2O4Zr. The molecule has 10 rings (SSSR count). The molecule has 2 heterocycles. The summed E-state index contributed by atoms with van der Waals surface area (Å²) in [5.74, 6) is 0.909. The van der Waals surface area contributed by atoms with Gasteiger partial charge in [0.2, 0.25) is 0 Å². The number of halogens is 4. The van der Waals surface area contributed by atoms with Crippen molar-refractivity contribution in [2.45, 2.75) is 185 Å². The van der Waals surface area contributed by atoms with E-state index in [4.69, 9.17) is 55.9 Å². The molecule has 0 spiro atoms. The molecule has 0 aliphatic rings. The van der Waals surface area contributed by atoms with E-state index in [1.54, 1.807) is 12.1 Å². The number of aromatic hydroxyl groups is 2. The van der Waals surface area contributed by atoms with Crippen LogP contribution in [0.25, 0.3) is 77.2 Å². The number of ether oxygens (including phenoxy) is 2. The van der Waals surface area contributed by atoms with Crippen LogP contribution in [0, 0.1) is 32.6 Å². The van der Waals surface area contributed by atoms with Crippen LogP contribution in [0.1, 0.15) is 184 Å². The topological polar surface area (TPSA) is 68.8 Å². The summed E-state index contributed by atoms with van der Waals surface area (Å²) in [6.07, 6.45) is 2.12. The molecule has 2 aromatic heterocycles. The Hall–Kier alpha value is -5.40. The predicted octanol–water partition coefficient (Wildman–Crippen LogP) is 25.6. The van der Waals surface area contributed by atoms with Crippen LogP contribution in [0.5, 0.6) is 23.0 Å². The second-order valence-corrected chi connectivity index (χ2v) is 33.9. The van der Waals surface area contributed by atoms with E-state index in [0.717, 1.165) is 73.1 Å². The van der Waals surface area contributed by atoms with Gasteiger partial charge in [-0.15, -0.1) is 0 Å². The largest absolute Gasteiger partial charge is 2.00 e. The van der Waals surface area contributed by atoms with Crippen molar-refractivity contribution in [3.05, 3.63) is 190 Å². The van der Waals surface area contributed by atoms with Crippen molar-refractivity contribution >= 4 is 90.0 Å². The van der Waals surface area contributed by atoms with E-state index < -0.39 is 0 Å². The van der Waals surface area contributed by atoms with E-state index in [0.29, 0.717) is 71.6 Å². The molecule has 0 radical (unpaired) electrons. The number of aryl methyl sites for hydroxylation is 1. The Balaban J connectivity index is 0.00000408. The summed E-state index contributed by atoms with van der Waals surface area (Å²) < 4.78 is 18.1. The van der Waals surface area contributed by atoms with Crippen molar-refractivity contribution in [1.29, 1.82) is 0 Å². The van der Waals surface area contributed by atoms with Crippen LogP contribution in [0.15, 0.2) is 121 Å². The maximum atomic E-state index is 13.2. The van der Waals surface area contributed by atoms with E-state index >= 15 is 0 Å². The van der Waals surface area contributed by atoms with Gasteiger partial charge in [0.1, 0.15) is 23.0 Å². The first kappa shape index (κ1) is 75.0. The van der Waals surface area contributed by atoms with Crippen molar-refractivity contribution in [2.75, 3.05) is 13.2 Å². The molecule has 0 aliphatic heterocycles. The molecule has 8 aromatic carbocycles. The van der Waals surface area contributed by atoms with E-state index in [-0.39, 0.29) is 104 Å². The van der Waals surface area contributed by atoms with E-state index in [9.17, 15) is 10.2 Å². The van der Waals surface area contributed by atoms with Gasteiger partial charge in [0.15, 0.2) is 0 Å². The number of aromatic nitrogens is 2. The number of hydrogen-bond acceptors (Lipinski definition) is 4. The first-order valence-electron chi connectivity index (χ1n) is 31.8. The fraction of sp³-hybridized carbons (Fsp3) is 0.390.